The second-order valence-electron chi connectivity index (χ2n) is 4.47. The smallest absolute Gasteiger partial charge is 0.242 e. The highest BCUT2D eigenvalue weighted by atomic mass is 32.2. The van der Waals surface area contributed by atoms with Gasteiger partial charge in [-0.2, -0.15) is 0 Å². The molecule has 0 aliphatic carbocycles. The maximum Gasteiger partial charge on any atom is 0.242 e. The number of hydrogen-bond acceptors (Lipinski definition) is 5. The number of nitrogen functional groups attached to an aromatic ring is 1. The molecule has 0 aliphatic rings. The summed E-state index contributed by atoms with van der Waals surface area (Å²) in [4.78, 5) is 1.38. The first-order valence-electron chi connectivity index (χ1n) is 5.99. The van der Waals surface area contributed by atoms with Gasteiger partial charge in [0.25, 0.3) is 0 Å². The summed E-state index contributed by atoms with van der Waals surface area (Å²) < 4.78 is 25.4. The van der Waals surface area contributed by atoms with Crippen molar-refractivity contribution >= 4 is 32.7 Å². The lowest BCUT2D eigenvalue weighted by Crippen LogP contribution is -2.22. The summed E-state index contributed by atoms with van der Waals surface area (Å²) in [7, 11) is -0.439. The Kier molecular flexibility index (Phi) is 4.32. The number of hydrogen-bond donors (Lipinski definition) is 2. The third kappa shape index (κ3) is 3.12. The number of benzene rings is 1. The van der Waals surface area contributed by atoms with Crippen LogP contribution in [-0.4, -0.2) is 26.8 Å². The van der Waals surface area contributed by atoms with Gasteiger partial charge in [0.2, 0.25) is 10.0 Å². The number of nitrogens with zero attached hydrogens (tertiary/aromatic N) is 1. The summed E-state index contributed by atoms with van der Waals surface area (Å²) in [5.41, 5.74) is 7.03. The van der Waals surface area contributed by atoms with Crippen molar-refractivity contribution in [3.63, 3.8) is 0 Å². The van der Waals surface area contributed by atoms with Crippen molar-refractivity contribution in [2.45, 2.75) is 11.4 Å². The van der Waals surface area contributed by atoms with Crippen LogP contribution in [0.2, 0.25) is 0 Å². The van der Waals surface area contributed by atoms with Crippen LogP contribution in [0.3, 0.4) is 0 Å². The summed E-state index contributed by atoms with van der Waals surface area (Å²) in [5, 5.41) is 5.16. The zero-order valence-corrected chi connectivity index (χ0v) is 13.0. The Bertz CT molecular complexity index is 680. The second-order valence-corrected chi connectivity index (χ2v) is 7.65. The highest BCUT2D eigenvalue weighted by molar-refractivity contribution is 7.89. The molecule has 0 spiro atoms. The third-order valence-corrected chi connectivity index (χ3v) is 5.52. The summed E-state index contributed by atoms with van der Waals surface area (Å²) in [6, 6.07) is 8.67. The first kappa shape index (κ1) is 14.8. The van der Waals surface area contributed by atoms with Crippen molar-refractivity contribution in [1.29, 1.82) is 0 Å². The van der Waals surface area contributed by atoms with Crippen LogP contribution in [0.15, 0.2) is 40.6 Å². The fraction of sp³-hybridized carbons (Fsp3) is 0.231. The maximum atomic E-state index is 12.1. The molecule has 0 atom stereocenters. The molecule has 0 unspecified atom stereocenters. The summed E-state index contributed by atoms with van der Waals surface area (Å²) in [6.07, 6.45) is 0. The topological polar surface area (TPSA) is 75.4 Å². The SMILES string of the molecule is CN(C)S(=O)(=O)c1ccc(N)c(NCc2cccs2)c1. The fourth-order valence-corrected chi connectivity index (χ4v) is 3.23. The van der Waals surface area contributed by atoms with Crippen LogP contribution in [0.4, 0.5) is 11.4 Å². The van der Waals surface area contributed by atoms with Crippen molar-refractivity contribution in [3.05, 3.63) is 40.6 Å². The van der Waals surface area contributed by atoms with Gasteiger partial charge < -0.3 is 11.1 Å². The second kappa shape index (κ2) is 5.82. The van der Waals surface area contributed by atoms with E-state index in [1.165, 1.54) is 24.5 Å². The Morgan fingerprint density at radius 3 is 2.65 bits per heavy atom. The molecular formula is C13H17N3O2S2. The van der Waals surface area contributed by atoms with E-state index in [4.69, 9.17) is 5.73 Å². The molecule has 20 heavy (non-hydrogen) atoms. The summed E-state index contributed by atoms with van der Waals surface area (Å²) in [6.45, 7) is 0.618. The van der Waals surface area contributed by atoms with Gasteiger partial charge in [-0.15, -0.1) is 11.3 Å². The van der Waals surface area contributed by atoms with Crippen LogP contribution >= 0.6 is 11.3 Å². The number of rotatable bonds is 5. The van der Waals surface area contributed by atoms with Gasteiger partial charge in [0.05, 0.1) is 16.3 Å². The minimum absolute atomic E-state index is 0.227. The van der Waals surface area contributed by atoms with Crippen molar-refractivity contribution < 1.29 is 8.42 Å². The van der Waals surface area contributed by atoms with Gasteiger partial charge in [-0.25, -0.2) is 12.7 Å². The molecule has 0 radical (unpaired) electrons. The average molecular weight is 311 g/mol. The zero-order valence-electron chi connectivity index (χ0n) is 11.3. The van der Waals surface area contributed by atoms with Gasteiger partial charge in [0, 0.05) is 25.5 Å². The quantitative estimate of drug-likeness (QED) is 0.830. The van der Waals surface area contributed by atoms with Crippen LogP contribution in [0, 0.1) is 0 Å². The molecule has 5 nitrogen and oxygen atoms in total. The van der Waals surface area contributed by atoms with Crippen LogP contribution < -0.4 is 11.1 Å². The largest absolute Gasteiger partial charge is 0.397 e. The Morgan fingerprint density at radius 1 is 1.30 bits per heavy atom. The van der Waals surface area contributed by atoms with Gasteiger partial charge >= 0.3 is 0 Å². The lowest BCUT2D eigenvalue weighted by Gasteiger charge is -2.14. The zero-order chi connectivity index (χ0) is 14.8. The van der Waals surface area contributed by atoms with Gasteiger partial charge in [-0.05, 0) is 29.6 Å². The Balaban J connectivity index is 2.25. The van der Waals surface area contributed by atoms with Crippen LogP contribution in [0.5, 0.6) is 0 Å². The minimum Gasteiger partial charge on any atom is -0.397 e. The van der Waals surface area contributed by atoms with Crippen molar-refractivity contribution in [1.82, 2.24) is 4.31 Å². The highest BCUT2D eigenvalue weighted by Crippen LogP contribution is 2.25. The number of nitrogens with two attached hydrogens (primary N) is 1. The molecule has 0 saturated heterocycles. The van der Waals surface area contributed by atoms with E-state index < -0.39 is 10.0 Å². The first-order valence-corrected chi connectivity index (χ1v) is 8.31. The first-order chi connectivity index (χ1) is 9.41. The predicted octanol–water partition coefficient (Wildman–Crippen LogP) is 2.19. The maximum absolute atomic E-state index is 12.1. The molecule has 0 fully saturated rings. The molecule has 0 amide bonds. The van der Waals surface area contributed by atoms with Crippen molar-refractivity contribution in [2.24, 2.45) is 0 Å². The standard InChI is InChI=1S/C13H17N3O2S2/c1-16(2)20(17,18)11-5-6-12(14)13(8-11)15-9-10-4-3-7-19-10/h3-8,15H,9,14H2,1-2H3. The molecule has 1 heterocycles. The van der Waals surface area contributed by atoms with Crippen molar-refractivity contribution in [2.75, 3.05) is 25.1 Å². The Hall–Kier alpha value is -1.57. The van der Waals surface area contributed by atoms with E-state index in [1.807, 2.05) is 17.5 Å². The van der Waals surface area contributed by atoms with Crippen LogP contribution in [0.1, 0.15) is 4.88 Å². The van der Waals surface area contributed by atoms with E-state index in [1.54, 1.807) is 23.5 Å². The molecule has 2 rings (SSSR count). The molecule has 0 saturated carbocycles. The molecule has 3 N–H and O–H groups in total. The number of nitrogens with one attached hydrogen (secondary N) is 1. The van der Waals surface area contributed by atoms with E-state index in [-0.39, 0.29) is 4.90 Å². The van der Waals surface area contributed by atoms with Gasteiger partial charge in [-0.1, -0.05) is 6.07 Å². The number of anilines is 2. The van der Waals surface area contributed by atoms with E-state index in [2.05, 4.69) is 5.32 Å². The van der Waals surface area contributed by atoms with E-state index in [0.29, 0.717) is 17.9 Å². The molecule has 7 heteroatoms. The normalized spacial score (nSPS) is 11.8. The van der Waals surface area contributed by atoms with E-state index in [0.717, 1.165) is 4.88 Å². The average Bonchev–Trinajstić information content (AvgIpc) is 2.90. The molecule has 108 valence electrons. The molecule has 1 aromatic heterocycles. The van der Waals surface area contributed by atoms with Crippen LogP contribution in [-0.2, 0) is 16.6 Å². The van der Waals surface area contributed by atoms with Gasteiger partial charge in [0.15, 0.2) is 0 Å². The molecular weight excluding hydrogens is 294 g/mol. The predicted molar refractivity (Wildman–Crippen MR) is 83.4 cm³/mol. The molecule has 2 aromatic rings. The van der Waals surface area contributed by atoms with Gasteiger partial charge in [0.1, 0.15) is 0 Å². The minimum atomic E-state index is -3.45. The monoisotopic (exact) mass is 311 g/mol. The Morgan fingerprint density at radius 2 is 2.05 bits per heavy atom. The molecule has 1 aromatic carbocycles. The lowest BCUT2D eigenvalue weighted by molar-refractivity contribution is 0.521. The Labute approximate surface area is 123 Å². The number of sulfonamides is 1. The van der Waals surface area contributed by atoms with E-state index in [9.17, 15) is 8.42 Å². The van der Waals surface area contributed by atoms with Crippen molar-refractivity contribution in [3.8, 4) is 0 Å². The number of thiophene rings is 1. The highest BCUT2D eigenvalue weighted by Gasteiger charge is 2.18. The van der Waals surface area contributed by atoms with Crippen LogP contribution in [0.25, 0.3) is 0 Å². The fourth-order valence-electron chi connectivity index (χ4n) is 1.66. The van der Waals surface area contributed by atoms with Gasteiger partial charge in [-0.3, -0.25) is 0 Å². The molecule has 0 bridgehead atoms. The molecule has 0 aliphatic heterocycles. The van der Waals surface area contributed by atoms with E-state index >= 15 is 0 Å². The third-order valence-electron chi connectivity index (χ3n) is 2.84. The summed E-state index contributed by atoms with van der Waals surface area (Å²) >= 11 is 1.63. The summed E-state index contributed by atoms with van der Waals surface area (Å²) in [5.74, 6) is 0. The lowest BCUT2D eigenvalue weighted by atomic mass is 10.2.